The molecule has 0 bridgehead atoms. The smallest absolute Gasteiger partial charge is 0.337 e. The Morgan fingerprint density at radius 2 is 1.79 bits per heavy atom. The molecule has 3 N–H and O–H groups in total. The van der Waals surface area contributed by atoms with Crippen LogP contribution >= 0.6 is 0 Å². The first kappa shape index (κ1) is 22.9. The van der Waals surface area contributed by atoms with Gasteiger partial charge in [0.25, 0.3) is 5.91 Å². The van der Waals surface area contributed by atoms with E-state index >= 15 is 0 Å². The maximum absolute atomic E-state index is 13.0. The lowest BCUT2D eigenvalue weighted by atomic mass is 10.1. The molecule has 0 aliphatic carbocycles. The topological polar surface area (TPSA) is 124 Å². The van der Waals surface area contributed by atoms with Gasteiger partial charge in [-0.05, 0) is 36.2 Å². The van der Waals surface area contributed by atoms with Gasteiger partial charge in [0.05, 0.1) is 29.9 Å². The first-order valence-corrected chi connectivity index (χ1v) is 11.1. The number of methoxy groups -OCH3 is 1. The Labute approximate surface area is 196 Å². The SMILES string of the molecule is CCCCCNC(=O)c1c(N)n(/N=C\c2ccc(C(=O)OC)cc2)c2nc3ccccc3nc12. The number of nitrogens with two attached hydrogens (primary N) is 1. The average molecular weight is 459 g/mol. The van der Waals surface area contributed by atoms with Gasteiger partial charge < -0.3 is 15.8 Å². The van der Waals surface area contributed by atoms with Crippen LogP contribution in [0.3, 0.4) is 0 Å². The third-order valence-electron chi connectivity index (χ3n) is 5.42. The van der Waals surface area contributed by atoms with Crippen LogP contribution in [0.25, 0.3) is 22.2 Å². The molecule has 4 aromatic rings. The van der Waals surface area contributed by atoms with Crippen molar-refractivity contribution in [1.82, 2.24) is 20.0 Å². The van der Waals surface area contributed by atoms with Crippen LogP contribution in [0.4, 0.5) is 5.82 Å². The van der Waals surface area contributed by atoms with E-state index in [9.17, 15) is 9.59 Å². The van der Waals surface area contributed by atoms with Gasteiger partial charge in [-0.15, -0.1) is 0 Å². The maximum Gasteiger partial charge on any atom is 0.337 e. The fourth-order valence-electron chi connectivity index (χ4n) is 3.60. The molecule has 2 aromatic heterocycles. The number of fused-ring (bicyclic) bond motifs is 2. The predicted octanol–water partition coefficient (Wildman–Crippen LogP) is 3.76. The van der Waals surface area contributed by atoms with Crippen molar-refractivity contribution in [3.8, 4) is 0 Å². The third kappa shape index (κ3) is 4.59. The number of nitrogen functional groups attached to an aromatic ring is 1. The number of rotatable bonds is 8. The summed E-state index contributed by atoms with van der Waals surface area (Å²) in [5.41, 5.74) is 9.93. The van der Waals surface area contributed by atoms with Gasteiger partial charge in [0, 0.05) is 6.54 Å². The van der Waals surface area contributed by atoms with E-state index in [1.165, 1.54) is 11.8 Å². The van der Waals surface area contributed by atoms with Crippen LogP contribution < -0.4 is 11.1 Å². The van der Waals surface area contributed by atoms with E-state index < -0.39 is 5.97 Å². The molecular weight excluding hydrogens is 432 g/mol. The summed E-state index contributed by atoms with van der Waals surface area (Å²) in [7, 11) is 1.33. The molecule has 2 heterocycles. The van der Waals surface area contributed by atoms with Crippen molar-refractivity contribution in [1.29, 1.82) is 0 Å². The molecule has 9 heteroatoms. The van der Waals surface area contributed by atoms with Gasteiger partial charge >= 0.3 is 5.97 Å². The first-order chi connectivity index (χ1) is 16.5. The van der Waals surface area contributed by atoms with Gasteiger partial charge in [-0.1, -0.05) is 44.0 Å². The second-order valence-corrected chi connectivity index (χ2v) is 7.78. The summed E-state index contributed by atoms with van der Waals surface area (Å²) in [4.78, 5) is 34.0. The summed E-state index contributed by atoms with van der Waals surface area (Å²) in [5.74, 6) is -0.568. The summed E-state index contributed by atoms with van der Waals surface area (Å²) in [6, 6.07) is 14.2. The molecule has 0 spiro atoms. The van der Waals surface area contributed by atoms with Crippen LogP contribution in [0, 0.1) is 0 Å². The zero-order chi connectivity index (χ0) is 24.1. The molecule has 2 aromatic carbocycles. The third-order valence-corrected chi connectivity index (χ3v) is 5.42. The van der Waals surface area contributed by atoms with Crippen molar-refractivity contribution in [2.45, 2.75) is 26.2 Å². The molecule has 0 saturated heterocycles. The van der Waals surface area contributed by atoms with Crippen molar-refractivity contribution in [3.05, 3.63) is 65.2 Å². The lowest BCUT2D eigenvalue weighted by Crippen LogP contribution is -2.25. The van der Waals surface area contributed by atoms with Gasteiger partial charge in [-0.2, -0.15) is 9.78 Å². The number of esters is 1. The van der Waals surface area contributed by atoms with E-state index in [0.717, 1.165) is 24.8 Å². The summed E-state index contributed by atoms with van der Waals surface area (Å²) in [6.07, 6.45) is 4.55. The van der Waals surface area contributed by atoms with E-state index in [-0.39, 0.29) is 17.3 Å². The molecule has 34 heavy (non-hydrogen) atoms. The summed E-state index contributed by atoms with van der Waals surface area (Å²) >= 11 is 0. The molecule has 1 amide bonds. The lowest BCUT2D eigenvalue weighted by Gasteiger charge is -2.05. The largest absolute Gasteiger partial charge is 0.465 e. The van der Waals surface area contributed by atoms with Crippen LogP contribution in [-0.4, -0.2) is 46.4 Å². The van der Waals surface area contributed by atoms with Crippen LogP contribution in [0.2, 0.25) is 0 Å². The number of ether oxygens (including phenoxy) is 1. The molecule has 0 saturated carbocycles. The van der Waals surface area contributed by atoms with Crippen LogP contribution in [0.5, 0.6) is 0 Å². The first-order valence-electron chi connectivity index (χ1n) is 11.1. The molecule has 4 rings (SSSR count). The van der Waals surface area contributed by atoms with E-state index in [0.29, 0.717) is 34.3 Å². The number of carbonyl (C=O) groups is 2. The minimum atomic E-state index is -0.416. The lowest BCUT2D eigenvalue weighted by molar-refractivity contribution is 0.0600. The number of para-hydroxylation sites is 2. The number of carbonyl (C=O) groups excluding carboxylic acids is 2. The quantitative estimate of drug-likeness (QED) is 0.235. The van der Waals surface area contributed by atoms with E-state index in [4.69, 9.17) is 10.5 Å². The van der Waals surface area contributed by atoms with Gasteiger partial charge in [0.1, 0.15) is 16.9 Å². The van der Waals surface area contributed by atoms with Crippen LogP contribution in [-0.2, 0) is 4.74 Å². The van der Waals surface area contributed by atoms with Gasteiger partial charge in [-0.25, -0.2) is 14.8 Å². The highest BCUT2D eigenvalue weighted by atomic mass is 16.5. The highest BCUT2D eigenvalue weighted by molar-refractivity contribution is 6.10. The molecule has 0 aliphatic heterocycles. The summed E-state index contributed by atoms with van der Waals surface area (Å²) in [6.45, 7) is 2.66. The standard InChI is InChI=1S/C25H26N6O3/c1-3-4-7-14-27-24(32)20-21-23(30-19-9-6-5-8-18(19)29-21)31(22(20)26)28-15-16-10-12-17(13-11-16)25(33)34-2/h5-6,8-13,15H,3-4,7,14,26H2,1-2H3,(H,27,32)/b28-15-. The average Bonchev–Trinajstić information content (AvgIpc) is 3.13. The number of amides is 1. The van der Waals surface area contributed by atoms with Gasteiger partial charge in [-0.3, -0.25) is 4.79 Å². The zero-order valence-corrected chi connectivity index (χ0v) is 19.1. The number of unbranched alkanes of at least 4 members (excludes halogenated alkanes) is 2. The van der Waals surface area contributed by atoms with Crippen molar-refractivity contribution in [2.75, 3.05) is 19.4 Å². The van der Waals surface area contributed by atoms with Crippen LogP contribution in [0.1, 0.15) is 52.5 Å². The number of hydrogen-bond acceptors (Lipinski definition) is 7. The Hall–Kier alpha value is -4.27. The van der Waals surface area contributed by atoms with Gasteiger partial charge in [0.15, 0.2) is 5.65 Å². The molecule has 0 unspecified atom stereocenters. The Kier molecular flexibility index (Phi) is 6.82. The van der Waals surface area contributed by atoms with Crippen LogP contribution in [0.15, 0.2) is 53.6 Å². The van der Waals surface area contributed by atoms with E-state index in [2.05, 4.69) is 27.3 Å². The van der Waals surface area contributed by atoms with Crippen molar-refractivity contribution < 1.29 is 14.3 Å². The number of anilines is 1. The summed E-state index contributed by atoms with van der Waals surface area (Å²) in [5, 5.41) is 7.41. The molecule has 0 fully saturated rings. The molecule has 174 valence electrons. The Balaban J connectivity index is 1.75. The molecule has 9 nitrogen and oxygen atoms in total. The second kappa shape index (κ2) is 10.1. The maximum atomic E-state index is 13.0. The Morgan fingerprint density at radius 3 is 2.47 bits per heavy atom. The Bertz CT molecular complexity index is 1380. The summed E-state index contributed by atoms with van der Waals surface area (Å²) < 4.78 is 6.15. The fourth-order valence-corrected chi connectivity index (χ4v) is 3.60. The molecular formula is C25H26N6O3. The highest BCUT2D eigenvalue weighted by Gasteiger charge is 2.23. The van der Waals surface area contributed by atoms with Crippen molar-refractivity contribution in [2.24, 2.45) is 5.10 Å². The monoisotopic (exact) mass is 458 g/mol. The van der Waals surface area contributed by atoms with Gasteiger partial charge in [0.2, 0.25) is 0 Å². The second-order valence-electron chi connectivity index (χ2n) is 7.78. The Morgan fingerprint density at radius 1 is 1.09 bits per heavy atom. The molecule has 0 aliphatic rings. The normalized spacial score (nSPS) is 11.4. The van der Waals surface area contributed by atoms with E-state index in [1.807, 2.05) is 24.3 Å². The number of benzene rings is 2. The number of nitrogens with zero attached hydrogens (tertiary/aromatic N) is 4. The van der Waals surface area contributed by atoms with E-state index in [1.54, 1.807) is 30.5 Å². The number of hydrogen-bond donors (Lipinski definition) is 2. The highest BCUT2D eigenvalue weighted by Crippen LogP contribution is 2.27. The molecule has 0 radical (unpaired) electrons. The minimum absolute atomic E-state index is 0.153. The number of aromatic nitrogens is 3. The fraction of sp³-hybridized carbons (Fsp3) is 0.240. The van der Waals surface area contributed by atoms with Crippen molar-refractivity contribution >= 4 is 46.1 Å². The van der Waals surface area contributed by atoms with Crippen molar-refractivity contribution in [3.63, 3.8) is 0 Å². The zero-order valence-electron chi connectivity index (χ0n) is 19.1. The molecule has 0 atom stereocenters. The minimum Gasteiger partial charge on any atom is -0.465 e. The number of nitrogens with one attached hydrogen (secondary N) is 1. The predicted molar refractivity (Wildman–Crippen MR) is 132 cm³/mol.